The van der Waals surface area contributed by atoms with E-state index in [2.05, 4.69) is 54.1 Å². The Hall–Kier alpha value is -1.15. The molecule has 0 aliphatic heterocycles. The van der Waals surface area contributed by atoms with Crippen LogP contribution in [0.15, 0.2) is 41.0 Å². The smallest absolute Gasteiger partial charge is 0.259 e. The van der Waals surface area contributed by atoms with Crippen LogP contribution in [0.5, 0.6) is 0 Å². The van der Waals surface area contributed by atoms with E-state index in [1.165, 1.54) is 0 Å². The van der Waals surface area contributed by atoms with Crippen LogP contribution in [0.3, 0.4) is 0 Å². The first kappa shape index (κ1) is 14.3. The van der Waals surface area contributed by atoms with E-state index in [9.17, 15) is 4.79 Å². The monoisotopic (exact) mass is 431 g/mol. The molecule has 6 heteroatoms. The molecule has 0 bridgehead atoms. The molecule has 1 heterocycles. The number of benzene rings is 1. The number of nitrogens with one attached hydrogen (secondary N) is 2. The minimum absolute atomic E-state index is 0.192. The molecule has 0 aliphatic rings. The van der Waals surface area contributed by atoms with Crippen molar-refractivity contribution < 1.29 is 4.79 Å². The maximum atomic E-state index is 12.3. The molecule has 98 valence electrons. The largest absolute Gasteiger partial charge is 0.372 e. The van der Waals surface area contributed by atoms with Crippen LogP contribution in [0.1, 0.15) is 10.4 Å². The zero-order valence-electron chi connectivity index (χ0n) is 10.1. The first-order chi connectivity index (χ1) is 9.11. The molecule has 2 rings (SSSR count). The van der Waals surface area contributed by atoms with Crippen LogP contribution in [0.4, 0.5) is 11.5 Å². The fraction of sp³-hybridized carbons (Fsp3) is 0.0769. The van der Waals surface area contributed by atoms with Gasteiger partial charge >= 0.3 is 0 Å². The van der Waals surface area contributed by atoms with E-state index in [0.717, 1.165) is 13.7 Å². The Morgan fingerprint density at radius 1 is 1.37 bits per heavy atom. The summed E-state index contributed by atoms with van der Waals surface area (Å²) in [5, 5.41) is 5.79. The molecule has 0 saturated heterocycles. The van der Waals surface area contributed by atoms with E-state index in [1.54, 1.807) is 19.3 Å². The second-order valence-corrected chi connectivity index (χ2v) is 5.81. The normalized spacial score (nSPS) is 10.1. The van der Waals surface area contributed by atoms with Crippen LogP contribution in [0.25, 0.3) is 0 Å². The summed E-state index contributed by atoms with van der Waals surface area (Å²) in [6.07, 6.45) is 1.65. The molecule has 1 aromatic heterocycles. The lowest BCUT2D eigenvalue weighted by atomic mass is 10.2. The van der Waals surface area contributed by atoms with Gasteiger partial charge in [-0.1, -0.05) is 12.1 Å². The number of carbonyl (C=O) groups is 1. The van der Waals surface area contributed by atoms with Crippen molar-refractivity contribution in [3.63, 3.8) is 0 Å². The van der Waals surface area contributed by atoms with E-state index in [0.29, 0.717) is 11.4 Å². The Labute approximate surface area is 133 Å². The molecule has 1 aromatic carbocycles. The number of anilines is 2. The standard InChI is InChI=1S/C13H11BrIN3O/c1-16-12-9(6-8(14)7-17-12)13(19)18-11-5-3-2-4-10(11)15/h2-7H,1H3,(H,16,17)(H,18,19). The topological polar surface area (TPSA) is 54.0 Å². The van der Waals surface area contributed by atoms with E-state index in [1.807, 2.05) is 24.3 Å². The van der Waals surface area contributed by atoms with Gasteiger partial charge in [-0.05, 0) is 56.7 Å². The molecular weight excluding hydrogens is 421 g/mol. The minimum atomic E-state index is -0.192. The van der Waals surface area contributed by atoms with Crippen molar-refractivity contribution in [2.24, 2.45) is 0 Å². The van der Waals surface area contributed by atoms with Crippen molar-refractivity contribution in [1.82, 2.24) is 4.98 Å². The van der Waals surface area contributed by atoms with Gasteiger partial charge in [-0.3, -0.25) is 4.79 Å². The first-order valence-electron chi connectivity index (χ1n) is 5.51. The lowest BCUT2D eigenvalue weighted by Crippen LogP contribution is -2.15. The number of carbonyl (C=O) groups excluding carboxylic acids is 1. The molecule has 0 radical (unpaired) electrons. The summed E-state index contributed by atoms with van der Waals surface area (Å²) in [4.78, 5) is 16.4. The van der Waals surface area contributed by atoms with Gasteiger partial charge in [0.2, 0.25) is 0 Å². The molecule has 0 fully saturated rings. The second kappa shape index (κ2) is 6.33. The first-order valence-corrected chi connectivity index (χ1v) is 7.38. The van der Waals surface area contributed by atoms with Gasteiger partial charge in [0.15, 0.2) is 0 Å². The maximum Gasteiger partial charge on any atom is 0.259 e. The van der Waals surface area contributed by atoms with Gasteiger partial charge in [-0.25, -0.2) is 4.98 Å². The molecular formula is C13H11BrIN3O. The average molecular weight is 432 g/mol. The fourth-order valence-corrected chi connectivity index (χ4v) is 2.42. The number of amides is 1. The summed E-state index contributed by atoms with van der Waals surface area (Å²) < 4.78 is 1.75. The number of aromatic nitrogens is 1. The SMILES string of the molecule is CNc1ncc(Br)cc1C(=O)Nc1ccccc1I. The zero-order chi connectivity index (χ0) is 13.8. The van der Waals surface area contributed by atoms with Gasteiger partial charge in [0.05, 0.1) is 11.3 Å². The highest BCUT2D eigenvalue weighted by atomic mass is 127. The Balaban J connectivity index is 2.30. The number of hydrogen-bond donors (Lipinski definition) is 2. The quantitative estimate of drug-likeness (QED) is 0.728. The van der Waals surface area contributed by atoms with Crippen molar-refractivity contribution in [2.75, 3.05) is 17.7 Å². The van der Waals surface area contributed by atoms with Crippen LogP contribution in [0.2, 0.25) is 0 Å². The van der Waals surface area contributed by atoms with E-state index in [4.69, 9.17) is 0 Å². The van der Waals surface area contributed by atoms with Crippen LogP contribution in [0, 0.1) is 3.57 Å². The molecule has 1 amide bonds. The number of rotatable bonds is 3. The summed E-state index contributed by atoms with van der Waals surface area (Å²) in [6.45, 7) is 0. The van der Waals surface area contributed by atoms with E-state index in [-0.39, 0.29) is 5.91 Å². The zero-order valence-corrected chi connectivity index (χ0v) is 13.8. The molecule has 2 N–H and O–H groups in total. The summed E-state index contributed by atoms with van der Waals surface area (Å²) >= 11 is 5.50. The van der Waals surface area contributed by atoms with Gasteiger partial charge in [0.1, 0.15) is 5.82 Å². The lowest BCUT2D eigenvalue weighted by Gasteiger charge is -2.10. The minimum Gasteiger partial charge on any atom is -0.372 e. The van der Waals surface area contributed by atoms with E-state index < -0.39 is 0 Å². The Bertz CT molecular complexity index is 619. The van der Waals surface area contributed by atoms with Gasteiger partial charge < -0.3 is 10.6 Å². The van der Waals surface area contributed by atoms with Gasteiger partial charge in [-0.2, -0.15) is 0 Å². The van der Waals surface area contributed by atoms with Crippen molar-refractivity contribution >= 4 is 55.9 Å². The van der Waals surface area contributed by atoms with Crippen LogP contribution >= 0.6 is 38.5 Å². The molecule has 2 aromatic rings. The van der Waals surface area contributed by atoms with E-state index >= 15 is 0 Å². The molecule has 0 atom stereocenters. The molecule has 0 unspecified atom stereocenters. The molecule has 4 nitrogen and oxygen atoms in total. The van der Waals surface area contributed by atoms with Gasteiger partial charge in [0.25, 0.3) is 5.91 Å². The molecule has 19 heavy (non-hydrogen) atoms. The number of halogens is 2. The summed E-state index contributed by atoms with van der Waals surface area (Å²) in [7, 11) is 1.74. The fourth-order valence-electron chi connectivity index (χ4n) is 1.56. The number of para-hydroxylation sites is 1. The second-order valence-electron chi connectivity index (χ2n) is 3.73. The Morgan fingerprint density at radius 3 is 2.79 bits per heavy atom. The highest BCUT2D eigenvalue weighted by molar-refractivity contribution is 14.1. The average Bonchev–Trinajstić information content (AvgIpc) is 2.41. The maximum absolute atomic E-state index is 12.3. The highest BCUT2D eigenvalue weighted by Crippen LogP contribution is 2.21. The number of hydrogen-bond acceptors (Lipinski definition) is 3. The van der Waals surface area contributed by atoms with Crippen LogP contribution in [-0.4, -0.2) is 17.9 Å². The van der Waals surface area contributed by atoms with Crippen LogP contribution < -0.4 is 10.6 Å². The summed E-state index contributed by atoms with van der Waals surface area (Å²) in [5.74, 6) is 0.355. The third-order valence-corrected chi connectivity index (χ3v) is 3.83. The summed E-state index contributed by atoms with van der Waals surface area (Å²) in [6, 6.07) is 9.36. The third kappa shape index (κ3) is 3.44. The highest BCUT2D eigenvalue weighted by Gasteiger charge is 2.13. The predicted octanol–water partition coefficient (Wildman–Crippen LogP) is 3.74. The predicted molar refractivity (Wildman–Crippen MR) is 88.6 cm³/mol. The molecule has 0 spiro atoms. The Kier molecular flexibility index (Phi) is 4.76. The van der Waals surface area contributed by atoms with Crippen molar-refractivity contribution in [1.29, 1.82) is 0 Å². The van der Waals surface area contributed by atoms with Gasteiger partial charge in [-0.15, -0.1) is 0 Å². The van der Waals surface area contributed by atoms with Crippen molar-refractivity contribution in [2.45, 2.75) is 0 Å². The van der Waals surface area contributed by atoms with Gasteiger partial charge in [0, 0.05) is 21.3 Å². The van der Waals surface area contributed by atoms with Crippen molar-refractivity contribution in [3.05, 3.63) is 50.1 Å². The number of nitrogens with zero attached hydrogens (tertiary/aromatic N) is 1. The van der Waals surface area contributed by atoms with Crippen molar-refractivity contribution in [3.8, 4) is 0 Å². The number of pyridine rings is 1. The Morgan fingerprint density at radius 2 is 2.11 bits per heavy atom. The summed E-state index contributed by atoms with van der Waals surface area (Å²) in [5.41, 5.74) is 1.28. The lowest BCUT2D eigenvalue weighted by molar-refractivity contribution is 0.102. The molecule has 0 saturated carbocycles. The van der Waals surface area contributed by atoms with Crippen LogP contribution in [-0.2, 0) is 0 Å². The molecule has 0 aliphatic carbocycles. The third-order valence-electron chi connectivity index (χ3n) is 2.46.